The maximum atomic E-state index is 11.4. The van der Waals surface area contributed by atoms with Crippen molar-refractivity contribution in [1.82, 2.24) is 0 Å². The molecule has 0 amide bonds. The molecule has 5 atom stereocenters. The lowest BCUT2D eigenvalue weighted by atomic mass is 9.99. The van der Waals surface area contributed by atoms with Gasteiger partial charge >= 0.3 is 0 Å². The monoisotopic (exact) mass is 330 g/mol. The number of ether oxygens (including phenoxy) is 2. The lowest BCUT2D eigenvalue weighted by Crippen LogP contribution is -2.60. The van der Waals surface area contributed by atoms with Crippen molar-refractivity contribution in [3.05, 3.63) is 17.7 Å². The number of aliphatic hydroxyl groups is 4. The van der Waals surface area contributed by atoms with Crippen molar-refractivity contribution in [2.24, 2.45) is 0 Å². The molecule has 1 aliphatic rings. The quantitative estimate of drug-likeness (QED) is 0.285. The number of aliphatic hydroxyl groups excluding tert-OH is 4. The highest BCUT2D eigenvalue weighted by atomic mass is 16.7. The van der Waals surface area contributed by atoms with E-state index < -0.39 is 54.6 Å². The van der Waals surface area contributed by atoms with Crippen LogP contribution in [0.1, 0.15) is 17.3 Å². The van der Waals surface area contributed by atoms with Crippen molar-refractivity contribution < 1.29 is 44.9 Å². The van der Waals surface area contributed by atoms with Crippen LogP contribution in [0.4, 0.5) is 0 Å². The van der Waals surface area contributed by atoms with Gasteiger partial charge in [0.25, 0.3) is 0 Å². The fourth-order valence-corrected chi connectivity index (χ4v) is 2.18. The number of carbonyl (C=O) groups is 1. The second-order valence-electron chi connectivity index (χ2n) is 5.21. The highest BCUT2D eigenvalue weighted by Crippen LogP contribution is 2.38. The first kappa shape index (κ1) is 17.4. The predicted molar refractivity (Wildman–Crippen MR) is 74.2 cm³/mol. The summed E-state index contributed by atoms with van der Waals surface area (Å²) in [5.74, 6) is -2.07. The summed E-state index contributed by atoms with van der Waals surface area (Å²) in [5.41, 5.74) is 0.0416. The van der Waals surface area contributed by atoms with Crippen molar-refractivity contribution in [2.75, 3.05) is 6.61 Å². The Kier molecular flexibility index (Phi) is 5.07. The average molecular weight is 330 g/mol. The second-order valence-corrected chi connectivity index (χ2v) is 5.21. The van der Waals surface area contributed by atoms with Gasteiger partial charge in [-0.25, -0.2) is 0 Å². The third-order valence-electron chi connectivity index (χ3n) is 3.55. The third-order valence-corrected chi connectivity index (χ3v) is 3.55. The Balaban J connectivity index is 2.29. The van der Waals surface area contributed by atoms with Gasteiger partial charge in [-0.3, -0.25) is 4.79 Å². The van der Waals surface area contributed by atoms with Crippen LogP contribution in [0.2, 0.25) is 0 Å². The number of phenols is 2. The highest BCUT2D eigenvalue weighted by Gasteiger charge is 2.45. The van der Waals surface area contributed by atoms with E-state index >= 15 is 0 Å². The highest BCUT2D eigenvalue weighted by molar-refractivity contribution is 5.95. The summed E-state index contributed by atoms with van der Waals surface area (Å²) in [7, 11) is 0. The Hall–Kier alpha value is -1.91. The minimum Gasteiger partial charge on any atom is -0.504 e. The Bertz CT molecular complexity index is 586. The van der Waals surface area contributed by atoms with Crippen molar-refractivity contribution >= 4 is 5.78 Å². The van der Waals surface area contributed by atoms with Crippen LogP contribution >= 0.6 is 0 Å². The van der Waals surface area contributed by atoms with Gasteiger partial charge in [-0.1, -0.05) is 0 Å². The van der Waals surface area contributed by atoms with Crippen molar-refractivity contribution in [3.63, 3.8) is 0 Å². The smallest absolute Gasteiger partial charge is 0.229 e. The fraction of sp³-hybridized carbons (Fsp3) is 0.500. The molecule has 2 rings (SSSR count). The van der Waals surface area contributed by atoms with Crippen molar-refractivity contribution in [1.29, 1.82) is 0 Å². The maximum absolute atomic E-state index is 11.4. The van der Waals surface area contributed by atoms with Gasteiger partial charge in [0, 0.05) is 5.56 Å². The van der Waals surface area contributed by atoms with E-state index in [1.54, 1.807) is 0 Å². The summed E-state index contributed by atoms with van der Waals surface area (Å²) >= 11 is 0. The number of hydrogen-bond acceptors (Lipinski definition) is 9. The first-order valence-corrected chi connectivity index (χ1v) is 6.80. The summed E-state index contributed by atoms with van der Waals surface area (Å²) in [6.45, 7) is 0.596. The van der Waals surface area contributed by atoms with Crippen LogP contribution in [0.15, 0.2) is 12.1 Å². The molecule has 0 radical (unpaired) electrons. The molecule has 9 heteroatoms. The van der Waals surface area contributed by atoms with E-state index in [1.807, 2.05) is 0 Å². The van der Waals surface area contributed by atoms with E-state index in [1.165, 1.54) is 6.92 Å². The van der Waals surface area contributed by atoms with Crippen LogP contribution in [0.3, 0.4) is 0 Å². The standard InChI is InChI=1S/C14H18O9/c1-5(16)6-2-7(17)10(18)8(3-6)22-14-13(21)12(20)11(19)9(4-15)23-14/h2-3,9,11-15,17-21H,4H2,1H3/t9-,11-,12+,13-,14-/m1/s1. The zero-order valence-corrected chi connectivity index (χ0v) is 12.2. The molecular formula is C14H18O9. The zero-order valence-electron chi connectivity index (χ0n) is 12.2. The Morgan fingerprint density at radius 3 is 2.39 bits per heavy atom. The van der Waals surface area contributed by atoms with E-state index in [0.29, 0.717) is 0 Å². The molecule has 6 N–H and O–H groups in total. The van der Waals surface area contributed by atoms with E-state index in [4.69, 9.17) is 14.6 Å². The van der Waals surface area contributed by atoms with Gasteiger partial charge in [-0.15, -0.1) is 0 Å². The van der Waals surface area contributed by atoms with Crippen LogP contribution < -0.4 is 4.74 Å². The lowest BCUT2D eigenvalue weighted by molar-refractivity contribution is -0.277. The van der Waals surface area contributed by atoms with E-state index in [0.717, 1.165) is 12.1 Å². The molecule has 1 aromatic rings. The molecule has 0 aromatic heterocycles. The van der Waals surface area contributed by atoms with Crippen LogP contribution in [-0.2, 0) is 4.74 Å². The van der Waals surface area contributed by atoms with Crippen LogP contribution in [0.25, 0.3) is 0 Å². The number of carbonyl (C=O) groups excluding carboxylic acids is 1. The third kappa shape index (κ3) is 3.38. The molecule has 0 aliphatic carbocycles. The minimum absolute atomic E-state index is 0.0416. The largest absolute Gasteiger partial charge is 0.504 e. The summed E-state index contributed by atoms with van der Waals surface area (Å²) in [4.78, 5) is 11.4. The molecule has 1 fully saturated rings. The van der Waals surface area contributed by atoms with E-state index in [9.17, 15) is 30.3 Å². The Labute approximate surface area is 130 Å². The van der Waals surface area contributed by atoms with Gasteiger partial charge in [0.15, 0.2) is 17.3 Å². The molecule has 1 saturated heterocycles. The van der Waals surface area contributed by atoms with Gasteiger partial charge in [0.2, 0.25) is 12.0 Å². The molecule has 9 nitrogen and oxygen atoms in total. The molecule has 1 aromatic carbocycles. The number of benzene rings is 1. The van der Waals surface area contributed by atoms with E-state index in [2.05, 4.69) is 0 Å². The zero-order chi connectivity index (χ0) is 17.3. The van der Waals surface area contributed by atoms with Gasteiger partial charge in [0.1, 0.15) is 24.4 Å². The summed E-state index contributed by atoms with van der Waals surface area (Å²) in [5, 5.41) is 57.7. The number of phenolic OH excluding ortho intramolecular Hbond substituents is 2. The van der Waals surface area contributed by atoms with Crippen LogP contribution in [-0.4, -0.2) is 73.7 Å². The molecule has 1 aliphatic heterocycles. The summed E-state index contributed by atoms with van der Waals surface area (Å²) < 4.78 is 10.3. The molecule has 0 unspecified atom stereocenters. The first-order chi connectivity index (χ1) is 10.8. The molecular weight excluding hydrogens is 312 g/mol. The number of Topliss-reactive ketones (excluding diaryl/α,β-unsaturated/α-hetero) is 1. The SMILES string of the molecule is CC(=O)c1cc(O)c(O)c(O[C@@H]2O[C@H](CO)[C@@H](O)[C@H](O)[C@H]2O)c1. The van der Waals surface area contributed by atoms with Crippen molar-refractivity contribution in [2.45, 2.75) is 37.6 Å². The number of ketones is 1. The van der Waals surface area contributed by atoms with Gasteiger partial charge in [-0.05, 0) is 19.1 Å². The first-order valence-electron chi connectivity index (χ1n) is 6.80. The summed E-state index contributed by atoms with van der Waals surface area (Å²) in [6, 6.07) is 2.16. The molecule has 0 bridgehead atoms. The van der Waals surface area contributed by atoms with Gasteiger partial charge in [-0.2, -0.15) is 0 Å². The predicted octanol–water partition coefficient (Wildman–Crippen LogP) is -1.52. The molecule has 0 saturated carbocycles. The Morgan fingerprint density at radius 2 is 1.83 bits per heavy atom. The molecule has 0 spiro atoms. The van der Waals surface area contributed by atoms with Crippen molar-refractivity contribution in [3.8, 4) is 17.2 Å². The van der Waals surface area contributed by atoms with E-state index in [-0.39, 0.29) is 11.3 Å². The number of hydrogen-bond donors (Lipinski definition) is 6. The minimum atomic E-state index is -1.68. The number of rotatable bonds is 4. The van der Waals surface area contributed by atoms with Crippen LogP contribution in [0.5, 0.6) is 17.2 Å². The molecule has 23 heavy (non-hydrogen) atoms. The lowest BCUT2D eigenvalue weighted by Gasteiger charge is -2.39. The number of aromatic hydroxyl groups is 2. The second kappa shape index (κ2) is 6.69. The maximum Gasteiger partial charge on any atom is 0.229 e. The Morgan fingerprint density at radius 1 is 1.17 bits per heavy atom. The van der Waals surface area contributed by atoms with Gasteiger partial charge < -0.3 is 40.1 Å². The normalized spacial score (nSPS) is 30.9. The molecule has 1 heterocycles. The molecule has 128 valence electrons. The summed E-state index contributed by atoms with van der Waals surface area (Å²) in [6.07, 6.45) is -7.63. The average Bonchev–Trinajstić information content (AvgIpc) is 2.51. The topological polar surface area (TPSA) is 157 Å². The fourth-order valence-electron chi connectivity index (χ4n) is 2.18. The van der Waals surface area contributed by atoms with Gasteiger partial charge in [0.05, 0.1) is 6.61 Å². The van der Waals surface area contributed by atoms with Crippen LogP contribution in [0, 0.1) is 0 Å².